The van der Waals surface area contributed by atoms with E-state index < -0.39 is 10.0 Å². The molecule has 7 heteroatoms. The summed E-state index contributed by atoms with van der Waals surface area (Å²) >= 11 is 3.34. The van der Waals surface area contributed by atoms with E-state index in [-0.39, 0.29) is 4.90 Å². The van der Waals surface area contributed by atoms with E-state index in [0.717, 1.165) is 28.6 Å². The van der Waals surface area contributed by atoms with Crippen LogP contribution in [0.1, 0.15) is 25.7 Å². The number of hydrogen-bond acceptors (Lipinski definition) is 4. The standard InChI is InChI=1S/C22H25BrN2O3S/c23-19-6-4-7-21(17-19)29(26,27)25-14-10-18-16-20(8-9-22(18)25)28-15-5-13-24-11-2-1-3-12-24/h4,6-10,14,16-17H,1-3,5,11-13,15H2. The Hall–Kier alpha value is -1.83. The van der Waals surface area contributed by atoms with Crippen LogP contribution in [0.3, 0.4) is 0 Å². The van der Waals surface area contributed by atoms with Crippen molar-refractivity contribution >= 4 is 36.9 Å². The topological polar surface area (TPSA) is 51.5 Å². The van der Waals surface area contributed by atoms with Crippen LogP contribution in [0, 0.1) is 0 Å². The molecule has 1 aliphatic heterocycles. The monoisotopic (exact) mass is 476 g/mol. The summed E-state index contributed by atoms with van der Waals surface area (Å²) < 4.78 is 34.0. The van der Waals surface area contributed by atoms with E-state index in [1.807, 2.05) is 30.3 Å². The van der Waals surface area contributed by atoms with Gasteiger partial charge in [-0.3, -0.25) is 0 Å². The lowest BCUT2D eigenvalue weighted by molar-refractivity contribution is 0.205. The molecule has 0 aliphatic carbocycles. The zero-order valence-electron chi connectivity index (χ0n) is 16.3. The summed E-state index contributed by atoms with van der Waals surface area (Å²) in [6, 6.07) is 14.1. The van der Waals surface area contributed by atoms with Crippen molar-refractivity contribution < 1.29 is 13.2 Å². The van der Waals surface area contributed by atoms with Crippen LogP contribution in [0.5, 0.6) is 5.75 Å². The number of nitrogens with zero attached hydrogens (tertiary/aromatic N) is 2. The van der Waals surface area contributed by atoms with Gasteiger partial charge in [0.25, 0.3) is 10.0 Å². The predicted octanol–water partition coefficient (Wildman–Crippen LogP) is 4.90. The van der Waals surface area contributed by atoms with Crippen molar-refractivity contribution in [1.29, 1.82) is 0 Å². The first-order valence-electron chi connectivity index (χ1n) is 10.0. The minimum atomic E-state index is -3.65. The van der Waals surface area contributed by atoms with Crippen molar-refractivity contribution in [3.8, 4) is 5.75 Å². The third-order valence-corrected chi connectivity index (χ3v) is 7.49. The van der Waals surface area contributed by atoms with Gasteiger partial charge in [-0.15, -0.1) is 0 Å². The van der Waals surface area contributed by atoms with Gasteiger partial charge in [-0.25, -0.2) is 12.4 Å². The Morgan fingerprint density at radius 3 is 2.62 bits per heavy atom. The van der Waals surface area contributed by atoms with Gasteiger partial charge in [0.2, 0.25) is 0 Å². The fraction of sp³-hybridized carbons (Fsp3) is 0.364. The van der Waals surface area contributed by atoms with Crippen LogP contribution in [0.4, 0.5) is 0 Å². The first-order chi connectivity index (χ1) is 14.0. The number of rotatable bonds is 7. The van der Waals surface area contributed by atoms with E-state index in [0.29, 0.717) is 12.1 Å². The normalized spacial score (nSPS) is 15.6. The summed E-state index contributed by atoms with van der Waals surface area (Å²) in [5.41, 5.74) is 0.644. The van der Waals surface area contributed by atoms with E-state index >= 15 is 0 Å². The summed E-state index contributed by atoms with van der Waals surface area (Å²) in [6.07, 6.45) is 6.55. The summed E-state index contributed by atoms with van der Waals surface area (Å²) in [7, 11) is -3.65. The maximum absolute atomic E-state index is 13.0. The molecule has 0 amide bonds. The highest BCUT2D eigenvalue weighted by Crippen LogP contribution is 2.27. The lowest BCUT2D eigenvalue weighted by Crippen LogP contribution is -2.31. The van der Waals surface area contributed by atoms with Crippen LogP contribution in [-0.4, -0.2) is 43.5 Å². The zero-order chi connectivity index (χ0) is 20.3. The average molecular weight is 477 g/mol. The van der Waals surface area contributed by atoms with Crippen molar-refractivity contribution in [2.45, 2.75) is 30.6 Å². The summed E-state index contributed by atoms with van der Waals surface area (Å²) in [5, 5.41) is 0.845. The van der Waals surface area contributed by atoms with Crippen LogP contribution in [0.25, 0.3) is 10.9 Å². The van der Waals surface area contributed by atoms with Gasteiger partial charge in [0.05, 0.1) is 17.0 Å². The molecule has 1 saturated heterocycles. The minimum absolute atomic E-state index is 0.252. The number of hydrogen-bond donors (Lipinski definition) is 0. The van der Waals surface area contributed by atoms with Gasteiger partial charge in [-0.05, 0) is 74.8 Å². The molecular weight excluding hydrogens is 452 g/mol. The molecular formula is C22H25BrN2O3S. The highest BCUT2D eigenvalue weighted by Gasteiger charge is 2.19. The molecule has 0 N–H and O–H groups in total. The molecule has 4 rings (SSSR count). The van der Waals surface area contributed by atoms with E-state index in [1.54, 1.807) is 24.4 Å². The third-order valence-electron chi connectivity index (χ3n) is 5.31. The van der Waals surface area contributed by atoms with Crippen LogP contribution in [0.15, 0.2) is 64.1 Å². The van der Waals surface area contributed by atoms with E-state index in [4.69, 9.17) is 4.74 Å². The first-order valence-corrected chi connectivity index (χ1v) is 12.2. The van der Waals surface area contributed by atoms with Crippen molar-refractivity contribution in [3.05, 3.63) is 59.2 Å². The highest BCUT2D eigenvalue weighted by molar-refractivity contribution is 9.10. The highest BCUT2D eigenvalue weighted by atomic mass is 79.9. The number of halogens is 1. The molecule has 0 bridgehead atoms. The van der Waals surface area contributed by atoms with Crippen molar-refractivity contribution in [2.24, 2.45) is 0 Å². The summed E-state index contributed by atoms with van der Waals surface area (Å²) in [4.78, 5) is 2.76. The molecule has 1 fully saturated rings. The lowest BCUT2D eigenvalue weighted by atomic mass is 10.1. The number of piperidine rings is 1. The Labute approximate surface area is 180 Å². The molecule has 0 radical (unpaired) electrons. The summed E-state index contributed by atoms with van der Waals surface area (Å²) in [5.74, 6) is 0.772. The zero-order valence-corrected chi connectivity index (χ0v) is 18.7. The van der Waals surface area contributed by atoms with Gasteiger partial charge in [0, 0.05) is 22.6 Å². The number of benzene rings is 2. The van der Waals surface area contributed by atoms with Crippen molar-refractivity contribution in [3.63, 3.8) is 0 Å². The molecule has 0 unspecified atom stereocenters. The SMILES string of the molecule is O=S(=O)(c1cccc(Br)c1)n1ccc2cc(OCCCN3CCCCC3)ccc21. The number of aromatic nitrogens is 1. The van der Waals surface area contributed by atoms with Crippen LogP contribution in [0.2, 0.25) is 0 Å². The number of likely N-dealkylation sites (tertiary alicyclic amines) is 1. The number of ether oxygens (including phenoxy) is 1. The van der Waals surface area contributed by atoms with Crippen LogP contribution < -0.4 is 4.74 Å². The largest absolute Gasteiger partial charge is 0.494 e. The number of fused-ring (bicyclic) bond motifs is 1. The molecule has 2 aromatic carbocycles. The molecule has 1 aliphatic rings. The molecule has 0 spiro atoms. The van der Waals surface area contributed by atoms with Gasteiger partial charge in [-0.2, -0.15) is 0 Å². The Morgan fingerprint density at radius 1 is 1.00 bits per heavy atom. The van der Waals surface area contributed by atoms with Crippen molar-refractivity contribution in [1.82, 2.24) is 8.87 Å². The van der Waals surface area contributed by atoms with Gasteiger partial charge >= 0.3 is 0 Å². The third kappa shape index (κ3) is 4.68. The molecule has 154 valence electrons. The lowest BCUT2D eigenvalue weighted by Gasteiger charge is -2.26. The maximum Gasteiger partial charge on any atom is 0.268 e. The Bertz CT molecular complexity index is 1090. The Kier molecular flexibility index (Phi) is 6.27. The Morgan fingerprint density at radius 2 is 1.83 bits per heavy atom. The molecule has 3 aromatic rings. The molecule has 2 heterocycles. The van der Waals surface area contributed by atoms with Crippen molar-refractivity contribution in [2.75, 3.05) is 26.2 Å². The van der Waals surface area contributed by atoms with E-state index in [2.05, 4.69) is 20.8 Å². The quantitative estimate of drug-likeness (QED) is 0.455. The fourth-order valence-corrected chi connectivity index (χ4v) is 5.75. The smallest absolute Gasteiger partial charge is 0.268 e. The second kappa shape index (κ2) is 8.90. The molecule has 0 atom stereocenters. The molecule has 5 nitrogen and oxygen atoms in total. The van der Waals surface area contributed by atoms with Gasteiger partial charge in [0.1, 0.15) is 5.75 Å². The molecule has 29 heavy (non-hydrogen) atoms. The average Bonchev–Trinajstić information content (AvgIpc) is 3.16. The molecule has 1 aromatic heterocycles. The van der Waals surface area contributed by atoms with E-state index in [1.165, 1.54) is 36.3 Å². The summed E-state index contributed by atoms with van der Waals surface area (Å²) in [6.45, 7) is 4.14. The van der Waals surface area contributed by atoms with E-state index in [9.17, 15) is 8.42 Å². The van der Waals surface area contributed by atoms with Crippen LogP contribution >= 0.6 is 15.9 Å². The fourth-order valence-electron chi connectivity index (χ4n) is 3.80. The molecule has 0 saturated carbocycles. The maximum atomic E-state index is 13.0. The van der Waals surface area contributed by atoms with Gasteiger partial charge in [0.15, 0.2) is 0 Å². The van der Waals surface area contributed by atoms with Crippen LogP contribution in [-0.2, 0) is 10.0 Å². The predicted molar refractivity (Wildman–Crippen MR) is 119 cm³/mol. The first kappa shape index (κ1) is 20.4. The Balaban J connectivity index is 1.44. The second-order valence-corrected chi connectivity index (χ2v) is 10.1. The van der Waals surface area contributed by atoms with Gasteiger partial charge < -0.3 is 9.64 Å². The minimum Gasteiger partial charge on any atom is -0.494 e. The van der Waals surface area contributed by atoms with Gasteiger partial charge in [-0.1, -0.05) is 28.4 Å². The second-order valence-electron chi connectivity index (χ2n) is 7.40.